The summed E-state index contributed by atoms with van der Waals surface area (Å²) < 4.78 is 11.8. The first-order valence-electron chi connectivity index (χ1n) is 8.95. The zero-order valence-corrected chi connectivity index (χ0v) is 15.4. The second-order valence-electron chi connectivity index (χ2n) is 7.21. The van der Waals surface area contributed by atoms with Crippen molar-refractivity contribution in [3.05, 3.63) is 95.1 Å². The molecule has 0 amide bonds. The summed E-state index contributed by atoms with van der Waals surface area (Å²) in [7, 11) is 0. The minimum absolute atomic E-state index is 0.0226. The fraction of sp³-hybridized carbons (Fsp3) is 0.174. The highest BCUT2D eigenvalue weighted by Gasteiger charge is 2.34. The van der Waals surface area contributed by atoms with Crippen molar-refractivity contribution < 1.29 is 9.47 Å². The molecule has 0 saturated heterocycles. The molecule has 0 spiro atoms. The van der Waals surface area contributed by atoms with E-state index in [-0.39, 0.29) is 11.3 Å². The Morgan fingerprint density at radius 2 is 1.59 bits per heavy atom. The van der Waals surface area contributed by atoms with Crippen molar-refractivity contribution in [3.8, 4) is 11.5 Å². The molecule has 0 bridgehead atoms. The van der Waals surface area contributed by atoms with E-state index >= 15 is 0 Å². The van der Waals surface area contributed by atoms with Gasteiger partial charge in [0.05, 0.1) is 0 Å². The molecule has 0 radical (unpaired) electrons. The number of benzene rings is 3. The van der Waals surface area contributed by atoms with Crippen molar-refractivity contribution in [2.45, 2.75) is 25.5 Å². The van der Waals surface area contributed by atoms with Gasteiger partial charge in [-0.1, -0.05) is 68.4 Å². The van der Waals surface area contributed by atoms with Crippen LogP contribution in [0.25, 0.3) is 0 Å². The van der Waals surface area contributed by atoms with E-state index < -0.39 is 6.23 Å². The normalized spacial score (nSPS) is 15.1. The van der Waals surface area contributed by atoms with Crippen molar-refractivity contribution in [1.82, 2.24) is 0 Å². The topological polar surface area (TPSA) is 68.3 Å². The smallest absolute Gasteiger partial charge is 0.215 e. The molecule has 0 aromatic heterocycles. The van der Waals surface area contributed by atoms with Gasteiger partial charge in [0.2, 0.25) is 5.90 Å². The van der Waals surface area contributed by atoms with Crippen LogP contribution >= 0.6 is 0 Å². The Morgan fingerprint density at radius 3 is 2.37 bits per heavy atom. The first-order valence-corrected chi connectivity index (χ1v) is 8.95. The molecule has 3 aromatic rings. The van der Waals surface area contributed by atoms with Gasteiger partial charge in [0, 0.05) is 27.7 Å². The summed E-state index contributed by atoms with van der Waals surface area (Å²) in [6.45, 7) is 4.36. The molecule has 4 rings (SSSR count). The Hall–Kier alpha value is -3.11. The maximum absolute atomic E-state index is 8.31. The van der Waals surface area contributed by atoms with Gasteiger partial charge in [-0.25, -0.2) is 0 Å². The standard InChI is InChI=1S/C23H22N2O2/c1-23(2)17-10-6-7-11-19(17)26-20-14-16(12-13-18(20)23)22(25)27-21(24)15-8-4-3-5-9-15/h3-14,21,25H,24H2,1-2H3. The molecule has 1 atom stereocenters. The van der Waals surface area contributed by atoms with Crippen LogP contribution < -0.4 is 10.5 Å². The van der Waals surface area contributed by atoms with E-state index in [1.807, 2.05) is 66.7 Å². The molecule has 0 saturated carbocycles. The molecule has 1 unspecified atom stereocenters. The van der Waals surface area contributed by atoms with E-state index in [2.05, 4.69) is 19.9 Å². The molecule has 0 aliphatic carbocycles. The maximum atomic E-state index is 8.31. The van der Waals surface area contributed by atoms with Crippen molar-refractivity contribution in [1.29, 1.82) is 5.41 Å². The Balaban J connectivity index is 1.62. The average molecular weight is 358 g/mol. The number of fused-ring (bicyclic) bond motifs is 2. The second kappa shape index (κ2) is 6.56. The summed E-state index contributed by atoms with van der Waals surface area (Å²) in [5.41, 5.74) is 9.61. The third-order valence-electron chi connectivity index (χ3n) is 5.07. The summed E-state index contributed by atoms with van der Waals surface area (Å²) in [5.74, 6) is 1.62. The third kappa shape index (κ3) is 3.09. The third-order valence-corrected chi connectivity index (χ3v) is 5.07. The van der Waals surface area contributed by atoms with Crippen LogP contribution in [0.15, 0.2) is 72.8 Å². The average Bonchev–Trinajstić information content (AvgIpc) is 2.68. The summed E-state index contributed by atoms with van der Waals surface area (Å²) in [6.07, 6.45) is -0.687. The molecule has 4 heteroatoms. The maximum Gasteiger partial charge on any atom is 0.215 e. The molecule has 1 aliphatic rings. The van der Waals surface area contributed by atoms with Crippen LogP contribution in [-0.2, 0) is 10.2 Å². The van der Waals surface area contributed by atoms with Crippen LogP contribution in [0.1, 0.15) is 42.3 Å². The number of nitrogens with one attached hydrogen (secondary N) is 1. The summed E-state index contributed by atoms with van der Waals surface area (Å²) in [5, 5.41) is 8.31. The van der Waals surface area contributed by atoms with Gasteiger partial charge < -0.3 is 9.47 Å². The molecule has 0 fully saturated rings. The first-order chi connectivity index (χ1) is 13.0. The SMILES string of the molecule is CC1(C)c2ccccc2Oc2cc(C(=N)OC(N)c3ccccc3)ccc21. The number of hydrogen-bond acceptors (Lipinski definition) is 4. The minimum atomic E-state index is -0.687. The monoisotopic (exact) mass is 358 g/mol. The second-order valence-corrected chi connectivity index (χ2v) is 7.21. The van der Waals surface area contributed by atoms with Crippen LogP contribution in [0.3, 0.4) is 0 Å². The number of ether oxygens (including phenoxy) is 2. The summed E-state index contributed by atoms with van der Waals surface area (Å²) >= 11 is 0. The number of hydrogen-bond donors (Lipinski definition) is 2. The zero-order chi connectivity index (χ0) is 19.0. The molecule has 1 aliphatic heterocycles. The lowest BCUT2D eigenvalue weighted by atomic mass is 9.75. The Morgan fingerprint density at radius 1 is 0.926 bits per heavy atom. The molecular weight excluding hydrogens is 336 g/mol. The molecule has 27 heavy (non-hydrogen) atoms. The van der Waals surface area contributed by atoms with Crippen LogP contribution in [0.2, 0.25) is 0 Å². The van der Waals surface area contributed by atoms with Gasteiger partial charge in [0.25, 0.3) is 0 Å². The largest absolute Gasteiger partial charge is 0.457 e. The highest BCUT2D eigenvalue weighted by atomic mass is 16.5. The lowest BCUT2D eigenvalue weighted by Crippen LogP contribution is -2.25. The van der Waals surface area contributed by atoms with Gasteiger partial charge in [-0.3, -0.25) is 11.1 Å². The van der Waals surface area contributed by atoms with Crippen LogP contribution in [0.4, 0.5) is 0 Å². The van der Waals surface area contributed by atoms with Crippen LogP contribution in [-0.4, -0.2) is 5.90 Å². The molecular formula is C23H22N2O2. The Kier molecular flexibility index (Phi) is 4.21. The van der Waals surface area contributed by atoms with Gasteiger partial charge in [-0.2, -0.15) is 0 Å². The van der Waals surface area contributed by atoms with Gasteiger partial charge in [0.1, 0.15) is 11.5 Å². The number of para-hydroxylation sites is 1. The zero-order valence-electron chi connectivity index (χ0n) is 15.4. The predicted molar refractivity (Wildman–Crippen MR) is 106 cm³/mol. The summed E-state index contributed by atoms with van der Waals surface area (Å²) in [4.78, 5) is 0. The molecule has 1 heterocycles. The van der Waals surface area contributed by atoms with E-state index in [0.717, 1.165) is 28.2 Å². The summed E-state index contributed by atoms with van der Waals surface area (Å²) in [6, 6.07) is 23.3. The number of nitrogens with two attached hydrogens (primary N) is 1. The molecule has 3 aromatic carbocycles. The van der Waals surface area contributed by atoms with E-state index in [4.69, 9.17) is 20.6 Å². The highest BCUT2D eigenvalue weighted by Crippen LogP contribution is 2.47. The Bertz CT molecular complexity index is 996. The van der Waals surface area contributed by atoms with Crippen molar-refractivity contribution in [3.63, 3.8) is 0 Å². The van der Waals surface area contributed by atoms with Gasteiger partial charge in [0.15, 0.2) is 6.23 Å². The molecule has 136 valence electrons. The van der Waals surface area contributed by atoms with E-state index in [9.17, 15) is 0 Å². The van der Waals surface area contributed by atoms with Gasteiger partial charge >= 0.3 is 0 Å². The van der Waals surface area contributed by atoms with Crippen LogP contribution in [0.5, 0.6) is 11.5 Å². The highest BCUT2D eigenvalue weighted by molar-refractivity contribution is 5.92. The van der Waals surface area contributed by atoms with Crippen molar-refractivity contribution >= 4 is 5.90 Å². The fourth-order valence-corrected chi connectivity index (χ4v) is 3.51. The number of rotatable bonds is 3. The minimum Gasteiger partial charge on any atom is -0.457 e. The van der Waals surface area contributed by atoms with Crippen LogP contribution in [0, 0.1) is 5.41 Å². The molecule has 3 N–H and O–H groups in total. The van der Waals surface area contributed by atoms with Crippen molar-refractivity contribution in [2.75, 3.05) is 0 Å². The Labute approximate surface area is 159 Å². The first kappa shape index (κ1) is 17.3. The fourth-order valence-electron chi connectivity index (χ4n) is 3.51. The van der Waals surface area contributed by atoms with E-state index in [0.29, 0.717) is 5.56 Å². The lowest BCUT2D eigenvalue weighted by Gasteiger charge is -2.34. The van der Waals surface area contributed by atoms with Gasteiger partial charge in [-0.05, 0) is 18.2 Å². The van der Waals surface area contributed by atoms with Gasteiger partial charge in [-0.15, -0.1) is 0 Å². The van der Waals surface area contributed by atoms with E-state index in [1.54, 1.807) is 0 Å². The lowest BCUT2D eigenvalue weighted by molar-refractivity contribution is 0.199. The predicted octanol–water partition coefficient (Wildman–Crippen LogP) is 5.12. The molecule has 4 nitrogen and oxygen atoms in total. The quantitative estimate of drug-likeness (QED) is 0.388. The van der Waals surface area contributed by atoms with E-state index in [1.165, 1.54) is 0 Å². The van der Waals surface area contributed by atoms with Crippen molar-refractivity contribution in [2.24, 2.45) is 5.73 Å².